The first-order valence-electron chi connectivity index (χ1n) is 6.43. The molecule has 0 saturated heterocycles. The molecule has 2 rings (SSSR count). The average Bonchev–Trinajstić information content (AvgIpc) is 2.92. The number of benzene rings is 1. The Morgan fingerprint density at radius 3 is 3.00 bits per heavy atom. The van der Waals surface area contributed by atoms with E-state index in [1.165, 1.54) is 29.7 Å². The van der Waals surface area contributed by atoms with E-state index in [4.69, 9.17) is 0 Å². The SMILES string of the molecule is CCNCc1cccc(SCc2nccn2C(F)F)c1. The van der Waals surface area contributed by atoms with Crippen molar-refractivity contribution in [1.29, 1.82) is 0 Å². The molecule has 6 heteroatoms. The molecule has 0 aliphatic heterocycles. The lowest BCUT2D eigenvalue weighted by molar-refractivity contribution is 0.0678. The van der Waals surface area contributed by atoms with E-state index in [-0.39, 0.29) is 0 Å². The van der Waals surface area contributed by atoms with Crippen LogP contribution in [0.25, 0.3) is 0 Å². The number of nitrogens with one attached hydrogen (secondary N) is 1. The topological polar surface area (TPSA) is 29.9 Å². The summed E-state index contributed by atoms with van der Waals surface area (Å²) in [6.45, 7) is 1.26. The van der Waals surface area contributed by atoms with Gasteiger partial charge in [0, 0.05) is 23.8 Å². The van der Waals surface area contributed by atoms with Crippen molar-refractivity contribution in [2.24, 2.45) is 0 Å². The van der Waals surface area contributed by atoms with E-state index in [9.17, 15) is 8.78 Å². The van der Waals surface area contributed by atoms with Gasteiger partial charge in [-0.2, -0.15) is 8.78 Å². The maximum absolute atomic E-state index is 12.7. The number of rotatable bonds is 7. The van der Waals surface area contributed by atoms with Gasteiger partial charge in [0.2, 0.25) is 0 Å². The molecular formula is C14H17F2N3S. The predicted molar refractivity (Wildman–Crippen MR) is 76.9 cm³/mol. The summed E-state index contributed by atoms with van der Waals surface area (Å²) in [7, 11) is 0. The second-order valence-electron chi connectivity index (χ2n) is 4.24. The molecule has 20 heavy (non-hydrogen) atoms. The summed E-state index contributed by atoms with van der Waals surface area (Å²) in [4.78, 5) is 5.03. The van der Waals surface area contributed by atoms with Gasteiger partial charge in [-0.3, -0.25) is 4.57 Å². The third-order valence-corrected chi connectivity index (χ3v) is 3.79. The van der Waals surface area contributed by atoms with Crippen LogP contribution < -0.4 is 5.32 Å². The second-order valence-corrected chi connectivity index (χ2v) is 5.29. The molecule has 1 heterocycles. The van der Waals surface area contributed by atoms with Gasteiger partial charge in [0.1, 0.15) is 5.82 Å². The minimum Gasteiger partial charge on any atom is -0.313 e. The molecule has 3 nitrogen and oxygen atoms in total. The lowest BCUT2D eigenvalue weighted by atomic mass is 10.2. The molecule has 1 aromatic heterocycles. The lowest BCUT2D eigenvalue weighted by Crippen LogP contribution is -2.11. The molecule has 2 aromatic rings. The Morgan fingerprint density at radius 2 is 2.25 bits per heavy atom. The van der Waals surface area contributed by atoms with E-state index < -0.39 is 6.55 Å². The number of hydrogen-bond acceptors (Lipinski definition) is 3. The molecule has 1 N–H and O–H groups in total. The fourth-order valence-corrected chi connectivity index (χ4v) is 2.72. The Balaban J connectivity index is 1.98. The quantitative estimate of drug-likeness (QED) is 0.791. The molecule has 0 aliphatic carbocycles. The fourth-order valence-electron chi connectivity index (χ4n) is 1.80. The van der Waals surface area contributed by atoms with Gasteiger partial charge in [0.15, 0.2) is 0 Å². The van der Waals surface area contributed by atoms with Crippen LogP contribution in [0.3, 0.4) is 0 Å². The van der Waals surface area contributed by atoms with Crippen molar-refractivity contribution < 1.29 is 8.78 Å². The fraction of sp³-hybridized carbons (Fsp3) is 0.357. The van der Waals surface area contributed by atoms with Crippen molar-refractivity contribution in [3.05, 3.63) is 48.0 Å². The molecular weight excluding hydrogens is 280 g/mol. The lowest BCUT2D eigenvalue weighted by Gasteiger charge is -2.07. The zero-order valence-corrected chi connectivity index (χ0v) is 12.0. The van der Waals surface area contributed by atoms with Gasteiger partial charge in [-0.1, -0.05) is 19.1 Å². The summed E-state index contributed by atoms with van der Waals surface area (Å²) in [5.74, 6) is 0.823. The van der Waals surface area contributed by atoms with E-state index in [0.717, 1.165) is 22.6 Å². The average molecular weight is 297 g/mol. The normalized spacial score (nSPS) is 11.2. The summed E-state index contributed by atoms with van der Waals surface area (Å²) in [5.41, 5.74) is 1.19. The first-order valence-corrected chi connectivity index (χ1v) is 7.41. The number of hydrogen-bond donors (Lipinski definition) is 1. The Morgan fingerprint density at radius 1 is 1.40 bits per heavy atom. The number of alkyl halides is 2. The van der Waals surface area contributed by atoms with Gasteiger partial charge in [0.25, 0.3) is 0 Å². The summed E-state index contributed by atoms with van der Waals surface area (Å²) in [6.07, 6.45) is 2.71. The standard InChI is InChI=1S/C14H17F2N3S/c1-2-17-9-11-4-3-5-12(8-11)20-10-13-18-6-7-19(13)14(15)16/h3-8,14,17H,2,9-10H2,1H3. The minimum atomic E-state index is -2.53. The highest BCUT2D eigenvalue weighted by molar-refractivity contribution is 7.98. The molecule has 0 saturated carbocycles. The minimum absolute atomic E-state index is 0.391. The number of imidazole rings is 1. The van der Waals surface area contributed by atoms with E-state index in [0.29, 0.717) is 11.6 Å². The van der Waals surface area contributed by atoms with Crippen LogP contribution in [0, 0.1) is 0 Å². The Bertz CT molecular complexity index is 543. The van der Waals surface area contributed by atoms with Crippen molar-refractivity contribution >= 4 is 11.8 Å². The first kappa shape index (κ1) is 15.0. The molecule has 0 bridgehead atoms. The first-order chi connectivity index (χ1) is 9.70. The third-order valence-electron chi connectivity index (χ3n) is 2.80. The molecule has 0 aliphatic rings. The van der Waals surface area contributed by atoms with Crippen LogP contribution in [0.15, 0.2) is 41.6 Å². The van der Waals surface area contributed by atoms with Gasteiger partial charge in [-0.05, 0) is 24.2 Å². The number of nitrogens with zero attached hydrogens (tertiary/aromatic N) is 2. The maximum Gasteiger partial charge on any atom is 0.319 e. The second kappa shape index (κ2) is 7.40. The van der Waals surface area contributed by atoms with Gasteiger partial charge < -0.3 is 5.32 Å². The zero-order valence-electron chi connectivity index (χ0n) is 11.2. The van der Waals surface area contributed by atoms with E-state index in [1.807, 2.05) is 18.2 Å². The summed E-state index contributed by atoms with van der Waals surface area (Å²) >= 11 is 1.51. The Kier molecular flexibility index (Phi) is 5.55. The number of thioether (sulfide) groups is 1. The summed E-state index contributed by atoms with van der Waals surface area (Å²) in [6, 6.07) is 8.08. The summed E-state index contributed by atoms with van der Waals surface area (Å²) < 4.78 is 26.3. The number of halogens is 2. The monoisotopic (exact) mass is 297 g/mol. The highest BCUT2D eigenvalue weighted by Crippen LogP contribution is 2.24. The van der Waals surface area contributed by atoms with Crippen LogP contribution >= 0.6 is 11.8 Å². The molecule has 108 valence electrons. The molecule has 0 unspecified atom stereocenters. The molecule has 1 aromatic carbocycles. The van der Waals surface area contributed by atoms with Crippen LogP contribution in [0.1, 0.15) is 24.9 Å². The third kappa shape index (κ3) is 4.05. The highest BCUT2D eigenvalue weighted by Gasteiger charge is 2.11. The largest absolute Gasteiger partial charge is 0.319 e. The van der Waals surface area contributed by atoms with Crippen LogP contribution in [0.5, 0.6) is 0 Å². The van der Waals surface area contributed by atoms with Crippen molar-refractivity contribution in [3.63, 3.8) is 0 Å². The van der Waals surface area contributed by atoms with Crippen LogP contribution in [0.4, 0.5) is 8.78 Å². The molecule has 0 amide bonds. The molecule has 0 radical (unpaired) electrons. The van der Waals surface area contributed by atoms with Gasteiger partial charge in [0.05, 0.1) is 5.75 Å². The summed E-state index contributed by atoms with van der Waals surface area (Å²) in [5, 5.41) is 3.26. The van der Waals surface area contributed by atoms with E-state index in [1.54, 1.807) is 0 Å². The van der Waals surface area contributed by atoms with E-state index >= 15 is 0 Å². The Labute approximate surface area is 121 Å². The van der Waals surface area contributed by atoms with Crippen molar-refractivity contribution in [2.45, 2.75) is 30.7 Å². The van der Waals surface area contributed by atoms with Gasteiger partial charge in [-0.15, -0.1) is 11.8 Å². The molecule has 0 fully saturated rings. The van der Waals surface area contributed by atoms with Crippen LogP contribution in [0.2, 0.25) is 0 Å². The van der Waals surface area contributed by atoms with Crippen LogP contribution in [-0.2, 0) is 12.3 Å². The molecule has 0 atom stereocenters. The van der Waals surface area contributed by atoms with Crippen LogP contribution in [-0.4, -0.2) is 16.1 Å². The Hall–Kier alpha value is -1.40. The predicted octanol–water partition coefficient (Wildman–Crippen LogP) is 3.68. The zero-order chi connectivity index (χ0) is 14.4. The van der Waals surface area contributed by atoms with Crippen molar-refractivity contribution in [1.82, 2.24) is 14.9 Å². The van der Waals surface area contributed by atoms with Gasteiger partial charge >= 0.3 is 6.55 Å². The van der Waals surface area contributed by atoms with Gasteiger partial charge in [-0.25, -0.2) is 4.98 Å². The van der Waals surface area contributed by atoms with Crippen molar-refractivity contribution in [2.75, 3.05) is 6.54 Å². The molecule has 0 spiro atoms. The maximum atomic E-state index is 12.7. The van der Waals surface area contributed by atoms with E-state index in [2.05, 4.69) is 23.3 Å². The number of aromatic nitrogens is 2. The highest BCUT2D eigenvalue weighted by atomic mass is 32.2. The van der Waals surface area contributed by atoms with Crippen molar-refractivity contribution in [3.8, 4) is 0 Å². The smallest absolute Gasteiger partial charge is 0.313 e.